The number of rotatable bonds is 2. The summed E-state index contributed by atoms with van der Waals surface area (Å²) in [6.45, 7) is 0.138. The van der Waals surface area contributed by atoms with Crippen LogP contribution in [0.2, 0.25) is 0 Å². The molecule has 1 aromatic rings. The number of aliphatic hydroxyl groups excluding tert-OH is 1. The Kier molecular flexibility index (Phi) is 2.81. The van der Waals surface area contributed by atoms with Gasteiger partial charge in [0.05, 0.1) is 17.7 Å². The summed E-state index contributed by atoms with van der Waals surface area (Å²) >= 11 is 0. The van der Waals surface area contributed by atoms with E-state index in [2.05, 4.69) is 0 Å². The van der Waals surface area contributed by atoms with Crippen molar-refractivity contribution in [2.75, 3.05) is 6.54 Å². The third-order valence-corrected chi connectivity index (χ3v) is 1.66. The van der Waals surface area contributed by atoms with Gasteiger partial charge in [-0.3, -0.25) is 0 Å². The fourth-order valence-corrected chi connectivity index (χ4v) is 1.02. The van der Waals surface area contributed by atoms with Gasteiger partial charge in [0, 0.05) is 6.54 Å². The predicted octanol–water partition coefficient (Wildman–Crippen LogP) is 0.550. The topological polar surface area (TPSA) is 70.0 Å². The molecular weight excluding hydrogens is 152 g/mol. The first-order chi connectivity index (χ1) is 5.79. The van der Waals surface area contributed by atoms with Crippen LogP contribution in [0.5, 0.6) is 0 Å². The van der Waals surface area contributed by atoms with E-state index in [4.69, 9.17) is 11.0 Å². The van der Waals surface area contributed by atoms with Gasteiger partial charge in [-0.15, -0.1) is 0 Å². The van der Waals surface area contributed by atoms with Gasteiger partial charge < -0.3 is 10.8 Å². The van der Waals surface area contributed by atoms with Crippen LogP contribution in [0.15, 0.2) is 24.3 Å². The van der Waals surface area contributed by atoms with Gasteiger partial charge in [-0.05, 0) is 11.6 Å². The van der Waals surface area contributed by atoms with Gasteiger partial charge in [0.15, 0.2) is 0 Å². The standard InChI is InChI=1S/C9H10N2O/c10-5-7-3-1-2-4-8(7)9(12)6-11/h1-4,9,12H,6,11H2. The zero-order valence-corrected chi connectivity index (χ0v) is 6.57. The molecule has 0 saturated heterocycles. The van der Waals surface area contributed by atoms with Gasteiger partial charge in [-0.2, -0.15) is 5.26 Å². The number of nitrogens with zero attached hydrogens (tertiary/aromatic N) is 1. The summed E-state index contributed by atoms with van der Waals surface area (Å²) in [6, 6.07) is 8.89. The maximum absolute atomic E-state index is 9.37. The minimum atomic E-state index is -0.735. The maximum atomic E-state index is 9.37. The first kappa shape index (κ1) is 8.72. The van der Waals surface area contributed by atoms with Crippen molar-refractivity contribution in [2.45, 2.75) is 6.10 Å². The number of nitriles is 1. The summed E-state index contributed by atoms with van der Waals surface area (Å²) in [6.07, 6.45) is -0.735. The molecule has 0 saturated carbocycles. The van der Waals surface area contributed by atoms with Crippen molar-refractivity contribution in [1.82, 2.24) is 0 Å². The molecule has 0 fully saturated rings. The first-order valence-electron chi connectivity index (χ1n) is 3.66. The Balaban J connectivity index is 3.07. The molecule has 1 unspecified atom stereocenters. The molecule has 1 atom stereocenters. The fraction of sp³-hybridized carbons (Fsp3) is 0.222. The molecular formula is C9H10N2O. The minimum absolute atomic E-state index is 0.138. The summed E-state index contributed by atoms with van der Waals surface area (Å²) in [7, 11) is 0. The van der Waals surface area contributed by atoms with Gasteiger partial charge in [0.2, 0.25) is 0 Å². The van der Waals surface area contributed by atoms with Crippen molar-refractivity contribution in [2.24, 2.45) is 5.73 Å². The van der Waals surface area contributed by atoms with Crippen LogP contribution < -0.4 is 5.73 Å². The molecule has 62 valence electrons. The molecule has 0 aliphatic heterocycles. The highest BCUT2D eigenvalue weighted by atomic mass is 16.3. The van der Waals surface area contributed by atoms with E-state index in [9.17, 15) is 5.11 Å². The Labute approximate surface area is 71.1 Å². The van der Waals surface area contributed by atoms with Gasteiger partial charge >= 0.3 is 0 Å². The van der Waals surface area contributed by atoms with Gasteiger partial charge in [0.1, 0.15) is 0 Å². The molecule has 0 aromatic heterocycles. The van der Waals surface area contributed by atoms with Gasteiger partial charge in [-0.1, -0.05) is 18.2 Å². The Morgan fingerprint density at radius 1 is 1.50 bits per heavy atom. The fourth-order valence-electron chi connectivity index (χ4n) is 1.02. The number of benzene rings is 1. The largest absolute Gasteiger partial charge is 0.387 e. The average molecular weight is 162 g/mol. The normalized spacial score (nSPS) is 12.1. The van der Waals surface area contributed by atoms with Crippen molar-refractivity contribution in [3.63, 3.8) is 0 Å². The van der Waals surface area contributed by atoms with E-state index in [1.807, 2.05) is 6.07 Å². The zero-order valence-electron chi connectivity index (χ0n) is 6.57. The second-order valence-corrected chi connectivity index (χ2v) is 2.45. The van der Waals surface area contributed by atoms with Crippen LogP contribution in [0.3, 0.4) is 0 Å². The Morgan fingerprint density at radius 3 is 2.75 bits per heavy atom. The maximum Gasteiger partial charge on any atom is 0.0995 e. The lowest BCUT2D eigenvalue weighted by Crippen LogP contribution is -2.12. The highest BCUT2D eigenvalue weighted by molar-refractivity contribution is 5.38. The Hall–Kier alpha value is -1.37. The van der Waals surface area contributed by atoms with E-state index in [1.54, 1.807) is 24.3 Å². The molecule has 0 aliphatic rings. The molecule has 0 aliphatic carbocycles. The van der Waals surface area contributed by atoms with E-state index in [0.29, 0.717) is 11.1 Å². The molecule has 0 amide bonds. The molecule has 3 nitrogen and oxygen atoms in total. The zero-order chi connectivity index (χ0) is 8.97. The lowest BCUT2D eigenvalue weighted by Gasteiger charge is -2.08. The number of aliphatic hydroxyl groups is 1. The highest BCUT2D eigenvalue weighted by Crippen LogP contribution is 2.15. The van der Waals surface area contributed by atoms with Crippen molar-refractivity contribution in [3.05, 3.63) is 35.4 Å². The summed E-state index contributed by atoms with van der Waals surface area (Å²) < 4.78 is 0. The quantitative estimate of drug-likeness (QED) is 0.667. The van der Waals surface area contributed by atoms with E-state index in [-0.39, 0.29) is 6.54 Å². The molecule has 3 N–H and O–H groups in total. The Bertz CT molecular complexity index is 304. The molecule has 0 bridgehead atoms. The lowest BCUT2D eigenvalue weighted by molar-refractivity contribution is 0.186. The van der Waals surface area contributed by atoms with Crippen LogP contribution in [-0.4, -0.2) is 11.7 Å². The number of hydrogen-bond acceptors (Lipinski definition) is 3. The van der Waals surface area contributed by atoms with Crippen LogP contribution in [0.4, 0.5) is 0 Å². The van der Waals surface area contributed by atoms with Crippen LogP contribution in [-0.2, 0) is 0 Å². The average Bonchev–Trinajstić information content (AvgIpc) is 2.16. The molecule has 1 aromatic carbocycles. The third-order valence-electron chi connectivity index (χ3n) is 1.66. The number of nitrogens with two attached hydrogens (primary N) is 1. The van der Waals surface area contributed by atoms with Crippen molar-refractivity contribution in [1.29, 1.82) is 5.26 Å². The third kappa shape index (κ3) is 1.62. The highest BCUT2D eigenvalue weighted by Gasteiger charge is 2.08. The minimum Gasteiger partial charge on any atom is -0.387 e. The van der Waals surface area contributed by atoms with Gasteiger partial charge in [0.25, 0.3) is 0 Å². The monoisotopic (exact) mass is 162 g/mol. The smallest absolute Gasteiger partial charge is 0.0995 e. The molecule has 0 heterocycles. The first-order valence-corrected chi connectivity index (χ1v) is 3.66. The van der Waals surface area contributed by atoms with E-state index < -0.39 is 6.10 Å². The van der Waals surface area contributed by atoms with Crippen molar-refractivity contribution < 1.29 is 5.11 Å². The lowest BCUT2D eigenvalue weighted by atomic mass is 10.0. The van der Waals surface area contributed by atoms with E-state index >= 15 is 0 Å². The molecule has 0 spiro atoms. The summed E-state index contributed by atoms with van der Waals surface area (Å²) in [5, 5.41) is 18.0. The summed E-state index contributed by atoms with van der Waals surface area (Å²) in [5.74, 6) is 0. The van der Waals surface area contributed by atoms with Crippen molar-refractivity contribution >= 4 is 0 Å². The second kappa shape index (κ2) is 3.86. The van der Waals surface area contributed by atoms with Crippen LogP contribution >= 0.6 is 0 Å². The van der Waals surface area contributed by atoms with Crippen LogP contribution in [0, 0.1) is 11.3 Å². The van der Waals surface area contributed by atoms with Crippen LogP contribution in [0.1, 0.15) is 17.2 Å². The van der Waals surface area contributed by atoms with Crippen LogP contribution in [0.25, 0.3) is 0 Å². The van der Waals surface area contributed by atoms with Crippen molar-refractivity contribution in [3.8, 4) is 6.07 Å². The SMILES string of the molecule is N#Cc1ccccc1C(O)CN. The molecule has 12 heavy (non-hydrogen) atoms. The summed E-state index contributed by atoms with van der Waals surface area (Å²) in [5.41, 5.74) is 6.35. The van der Waals surface area contributed by atoms with E-state index in [1.165, 1.54) is 0 Å². The van der Waals surface area contributed by atoms with E-state index in [0.717, 1.165) is 0 Å². The molecule has 3 heteroatoms. The molecule has 0 radical (unpaired) electrons. The summed E-state index contributed by atoms with van der Waals surface area (Å²) in [4.78, 5) is 0. The predicted molar refractivity (Wildman–Crippen MR) is 45.2 cm³/mol. The Morgan fingerprint density at radius 2 is 2.17 bits per heavy atom. The molecule has 1 rings (SSSR count). The van der Waals surface area contributed by atoms with Gasteiger partial charge in [-0.25, -0.2) is 0 Å². The second-order valence-electron chi connectivity index (χ2n) is 2.45. The number of hydrogen-bond donors (Lipinski definition) is 2.